The molecular weight excluding hydrogens is 571 g/mol. The lowest BCUT2D eigenvalue weighted by atomic mass is 9.97. The lowest BCUT2D eigenvalue weighted by Gasteiger charge is -2.34. The van der Waals surface area contributed by atoms with Crippen molar-refractivity contribution >= 4 is 11.9 Å². The molecule has 43 heavy (non-hydrogen) atoms. The highest BCUT2D eigenvalue weighted by Gasteiger charge is 2.38. The first-order chi connectivity index (χ1) is 20.0. The molecule has 12 heteroatoms. The number of likely N-dealkylation sites (tertiary alicyclic amines) is 1. The zero-order valence-corrected chi connectivity index (χ0v) is 25.1. The Bertz CT molecular complexity index is 1280. The lowest BCUT2D eigenvalue weighted by molar-refractivity contribution is -0.160. The second-order valence-electron chi connectivity index (χ2n) is 12.8. The molecule has 1 amide bonds. The third-order valence-electron chi connectivity index (χ3n) is 8.07. The zero-order chi connectivity index (χ0) is 31.6. The number of rotatable bonds is 9. The number of amides is 1. The number of hydrogen-bond acceptors (Lipinski definition) is 5. The van der Waals surface area contributed by atoms with E-state index >= 15 is 0 Å². The summed E-state index contributed by atoms with van der Waals surface area (Å²) in [7, 11) is 0. The van der Waals surface area contributed by atoms with E-state index in [1.807, 2.05) is 0 Å². The summed E-state index contributed by atoms with van der Waals surface area (Å²) < 4.78 is 76.9. The molecular formula is C31H41F5N4O3. The molecule has 2 unspecified atom stereocenters. The maximum absolute atomic E-state index is 14.0. The first kappa shape index (κ1) is 32.9. The Hall–Kier alpha value is -3.02. The van der Waals surface area contributed by atoms with Crippen LogP contribution in [0.4, 0.5) is 22.0 Å². The summed E-state index contributed by atoms with van der Waals surface area (Å²) in [5.74, 6) is -4.84. The van der Waals surface area contributed by atoms with Crippen molar-refractivity contribution in [2.45, 2.75) is 102 Å². The predicted molar refractivity (Wildman–Crippen MR) is 152 cm³/mol. The third-order valence-corrected chi connectivity index (χ3v) is 8.07. The van der Waals surface area contributed by atoms with Gasteiger partial charge in [-0.1, -0.05) is 31.0 Å². The first-order valence-corrected chi connectivity index (χ1v) is 14.9. The molecule has 1 aromatic heterocycles. The van der Waals surface area contributed by atoms with E-state index in [0.717, 1.165) is 31.7 Å². The number of nitrogens with one attached hydrogen (secondary N) is 1. The van der Waals surface area contributed by atoms with Crippen molar-refractivity contribution in [2.24, 2.45) is 5.92 Å². The topological polar surface area (TPSA) is 76.5 Å². The fourth-order valence-corrected chi connectivity index (χ4v) is 5.89. The summed E-state index contributed by atoms with van der Waals surface area (Å²) in [5.41, 5.74) is -1.56. The number of alkyl halides is 5. The van der Waals surface area contributed by atoms with E-state index in [0.29, 0.717) is 13.0 Å². The van der Waals surface area contributed by atoms with E-state index in [1.165, 1.54) is 28.9 Å². The molecule has 1 N–H and O–H groups in total. The molecule has 1 aliphatic heterocycles. The van der Waals surface area contributed by atoms with Gasteiger partial charge in [-0.25, -0.2) is 8.78 Å². The minimum absolute atomic E-state index is 0.0712. The van der Waals surface area contributed by atoms with E-state index < -0.39 is 53.6 Å². The minimum atomic E-state index is -4.61. The van der Waals surface area contributed by atoms with Gasteiger partial charge >= 0.3 is 12.1 Å². The van der Waals surface area contributed by atoms with Gasteiger partial charge in [-0.2, -0.15) is 18.3 Å². The van der Waals surface area contributed by atoms with E-state index in [-0.39, 0.29) is 42.4 Å². The van der Waals surface area contributed by atoms with Gasteiger partial charge in [0.05, 0.1) is 29.8 Å². The summed E-state index contributed by atoms with van der Waals surface area (Å²) in [6, 6.07) is 5.61. The Morgan fingerprint density at radius 1 is 1.12 bits per heavy atom. The number of piperidine rings is 1. The summed E-state index contributed by atoms with van der Waals surface area (Å²) in [4.78, 5) is 28.2. The number of halogens is 5. The van der Waals surface area contributed by atoms with Gasteiger partial charge in [0.1, 0.15) is 5.60 Å². The highest BCUT2D eigenvalue weighted by molar-refractivity contribution is 5.94. The second-order valence-corrected chi connectivity index (χ2v) is 12.8. The molecule has 1 aromatic carbocycles. The maximum atomic E-state index is 14.0. The fourth-order valence-electron chi connectivity index (χ4n) is 5.89. The molecule has 1 saturated heterocycles. The minimum Gasteiger partial charge on any atom is -0.460 e. The van der Waals surface area contributed by atoms with Crippen molar-refractivity contribution in [3.63, 3.8) is 0 Å². The quantitative estimate of drug-likeness (QED) is 0.247. The van der Waals surface area contributed by atoms with Crippen LogP contribution in [0.15, 0.2) is 30.3 Å². The monoisotopic (exact) mass is 612 g/mol. The smallest absolute Gasteiger partial charge is 0.417 e. The van der Waals surface area contributed by atoms with Gasteiger partial charge in [0.25, 0.3) is 11.8 Å². The average molecular weight is 613 g/mol. The van der Waals surface area contributed by atoms with Crippen LogP contribution in [-0.2, 0) is 15.7 Å². The first-order valence-electron chi connectivity index (χ1n) is 14.9. The number of carbonyl (C=O) groups excluding carboxylic acids is 2. The van der Waals surface area contributed by atoms with Gasteiger partial charge in [-0.15, -0.1) is 0 Å². The number of nitrogens with zero attached hydrogens (tertiary/aromatic N) is 3. The Morgan fingerprint density at radius 2 is 1.79 bits per heavy atom. The van der Waals surface area contributed by atoms with Crippen LogP contribution in [-0.4, -0.2) is 63.8 Å². The Kier molecular flexibility index (Phi) is 9.88. The molecule has 0 spiro atoms. The molecule has 0 radical (unpaired) electrons. The fraction of sp³-hybridized carbons (Fsp3) is 0.645. The van der Waals surface area contributed by atoms with Crippen LogP contribution in [0.2, 0.25) is 0 Å². The molecule has 2 aliphatic rings. The average Bonchev–Trinajstić information content (AvgIpc) is 3.59. The molecule has 4 rings (SSSR count). The largest absolute Gasteiger partial charge is 0.460 e. The molecule has 238 valence electrons. The summed E-state index contributed by atoms with van der Waals surface area (Å²) in [5, 5.41) is 7.32. The van der Waals surface area contributed by atoms with Gasteiger partial charge in [0.15, 0.2) is 5.69 Å². The summed E-state index contributed by atoms with van der Waals surface area (Å²) in [6.45, 7) is 7.05. The predicted octanol–water partition coefficient (Wildman–Crippen LogP) is 6.88. The van der Waals surface area contributed by atoms with Gasteiger partial charge in [0.2, 0.25) is 0 Å². The summed E-state index contributed by atoms with van der Waals surface area (Å²) in [6.07, 6.45) is -1.01. The van der Waals surface area contributed by atoms with Crippen LogP contribution in [0.3, 0.4) is 0 Å². The molecule has 7 nitrogen and oxygen atoms in total. The van der Waals surface area contributed by atoms with Gasteiger partial charge in [-0.05, 0) is 72.1 Å². The molecule has 2 fully saturated rings. The number of ether oxygens (including phenoxy) is 1. The second kappa shape index (κ2) is 12.9. The normalized spacial score (nSPS) is 19.7. The molecule has 0 bridgehead atoms. The van der Waals surface area contributed by atoms with Crippen molar-refractivity contribution in [3.05, 3.63) is 41.6 Å². The van der Waals surface area contributed by atoms with E-state index in [4.69, 9.17) is 4.74 Å². The Morgan fingerprint density at radius 3 is 2.42 bits per heavy atom. The van der Waals surface area contributed by atoms with Gasteiger partial charge in [0, 0.05) is 24.6 Å². The highest BCUT2D eigenvalue weighted by atomic mass is 19.4. The maximum Gasteiger partial charge on any atom is 0.417 e. The van der Waals surface area contributed by atoms with E-state index in [1.54, 1.807) is 32.6 Å². The molecule has 1 saturated carbocycles. The SMILES string of the molecule is CC(C(=O)OC(C)(C)C)C(CCN1CCCC(F)(F)C1)NC(=O)c1cc(-c2ccccc2C(F)(F)F)n(C2CCCC2)n1. The Labute approximate surface area is 249 Å². The standard InChI is InChI=1S/C31H41F5N4O3/c1-20(28(42)43-29(2,3)4)24(14-17-39-16-9-15-30(32,33)19-39)37-27(41)25-18-26(40(38-25)21-10-5-6-11-21)22-12-7-8-13-23(22)31(34,35)36/h7-8,12-13,18,20-21,24H,5-6,9-11,14-17,19H2,1-4H3,(H,37,41). The molecule has 1 aliphatic carbocycles. The van der Waals surface area contributed by atoms with Crippen molar-refractivity contribution in [1.29, 1.82) is 0 Å². The number of hydrogen-bond donors (Lipinski definition) is 1. The van der Waals surface area contributed by atoms with Crippen LogP contribution < -0.4 is 5.32 Å². The zero-order valence-electron chi connectivity index (χ0n) is 25.1. The number of esters is 1. The Balaban J connectivity index is 1.62. The highest BCUT2D eigenvalue weighted by Crippen LogP contribution is 2.40. The van der Waals surface area contributed by atoms with Crippen molar-refractivity contribution in [1.82, 2.24) is 20.0 Å². The van der Waals surface area contributed by atoms with Crippen LogP contribution in [0.25, 0.3) is 11.3 Å². The van der Waals surface area contributed by atoms with Crippen molar-refractivity contribution in [3.8, 4) is 11.3 Å². The van der Waals surface area contributed by atoms with Crippen LogP contribution in [0.1, 0.15) is 94.7 Å². The lowest BCUT2D eigenvalue weighted by Crippen LogP contribution is -2.48. The molecule has 2 heterocycles. The third kappa shape index (κ3) is 8.55. The van der Waals surface area contributed by atoms with Crippen LogP contribution >= 0.6 is 0 Å². The van der Waals surface area contributed by atoms with Crippen LogP contribution in [0.5, 0.6) is 0 Å². The number of benzene rings is 1. The number of aromatic nitrogens is 2. The number of carbonyl (C=O) groups is 2. The van der Waals surface area contributed by atoms with E-state index in [9.17, 15) is 31.5 Å². The molecule has 2 atom stereocenters. The van der Waals surface area contributed by atoms with Crippen molar-refractivity contribution < 1.29 is 36.3 Å². The summed E-state index contributed by atoms with van der Waals surface area (Å²) >= 11 is 0. The van der Waals surface area contributed by atoms with Gasteiger partial charge < -0.3 is 10.1 Å². The van der Waals surface area contributed by atoms with E-state index in [2.05, 4.69) is 10.4 Å². The molecule has 2 aromatic rings. The van der Waals surface area contributed by atoms with Crippen molar-refractivity contribution in [2.75, 3.05) is 19.6 Å². The van der Waals surface area contributed by atoms with Gasteiger partial charge in [-0.3, -0.25) is 19.2 Å². The van der Waals surface area contributed by atoms with Crippen LogP contribution in [0, 0.1) is 5.92 Å².